The van der Waals surface area contributed by atoms with Crippen molar-refractivity contribution in [3.05, 3.63) is 53.6 Å². The van der Waals surface area contributed by atoms with Crippen LogP contribution in [0.3, 0.4) is 0 Å². The van der Waals surface area contributed by atoms with Crippen LogP contribution in [0.1, 0.15) is 17.9 Å². The smallest absolute Gasteiger partial charge is 0.131 e. The van der Waals surface area contributed by atoms with Crippen molar-refractivity contribution in [1.82, 2.24) is 0 Å². The standard InChI is InChI=1S/C16H15F2NO/c1-20-10-4-2-3-9(5-10)11-6-15(18)12(7-14(11)17)13-8-16(13)19/h2-7,13,16H,8,19H2,1H3/t13-,16-/m1/s1. The second kappa shape index (κ2) is 4.87. The number of ether oxygens (including phenoxy) is 1. The molecule has 20 heavy (non-hydrogen) atoms. The third kappa shape index (κ3) is 2.27. The third-order valence-electron chi connectivity index (χ3n) is 3.71. The predicted octanol–water partition coefficient (Wildman–Crippen LogP) is 3.46. The van der Waals surface area contributed by atoms with Crippen LogP contribution in [-0.4, -0.2) is 13.2 Å². The Balaban J connectivity index is 2.03. The fraction of sp³-hybridized carbons (Fsp3) is 0.250. The van der Waals surface area contributed by atoms with E-state index in [9.17, 15) is 8.78 Å². The molecule has 1 fully saturated rings. The van der Waals surface area contributed by atoms with E-state index < -0.39 is 11.6 Å². The van der Waals surface area contributed by atoms with Crippen LogP contribution in [0.2, 0.25) is 0 Å². The number of hydrogen-bond donors (Lipinski definition) is 1. The molecule has 0 spiro atoms. The summed E-state index contributed by atoms with van der Waals surface area (Å²) in [5.74, 6) is -0.282. The number of rotatable bonds is 3. The molecule has 0 bridgehead atoms. The van der Waals surface area contributed by atoms with E-state index in [-0.39, 0.29) is 17.5 Å². The fourth-order valence-corrected chi connectivity index (χ4v) is 2.43. The Morgan fingerprint density at radius 3 is 2.55 bits per heavy atom. The molecule has 1 aliphatic carbocycles. The maximum atomic E-state index is 14.2. The highest BCUT2D eigenvalue weighted by molar-refractivity contribution is 5.66. The SMILES string of the molecule is COc1cccc(-c2cc(F)c([C@H]3C[C@H]3N)cc2F)c1. The van der Waals surface area contributed by atoms with E-state index in [0.717, 1.165) is 6.42 Å². The van der Waals surface area contributed by atoms with E-state index in [1.165, 1.54) is 19.2 Å². The van der Waals surface area contributed by atoms with Crippen molar-refractivity contribution in [2.45, 2.75) is 18.4 Å². The summed E-state index contributed by atoms with van der Waals surface area (Å²) in [7, 11) is 1.54. The van der Waals surface area contributed by atoms with Gasteiger partial charge >= 0.3 is 0 Å². The monoisotopic (exact) mass is 275 g/mol. The normalized spacial score (nSPS) is 20.8. The van der Waals surface area contributed by atoms with Gasteiger partial charge in [-0.15, -0.1) is 0 Å². The predicted molar refractivity (Wildman–Crippen MR) is 73.7 cm³/mol. The van der Waals surface area contributed by atoms with Gasteiger partial charge in [0.2, 0.25) is 0 Å². The Morgan fingerprint density at radius 1 is 1.15 bits per heavy atom. The number of hydrogen-bond acceptors (Lipinski definition) is 2. The summed E-state index contributed by atoms with van der Waals surface area (Å²) in [4.78, 5) is 0. The summed E-state index contributed by atoms with van der Waals surface area (Å²) in [6, 6.07) is 9.37. The van der Waals surface area contributed by atoms with E-state index in [2.05, 4.69) is 0 Å². The third-order valence-corrected chi connectivity index (χ3v) is 3.71. The molecular formula is C16H15F2NO. The van der Waals surface area contributed by atoms with Crippen molar-refractivity contribution in [3.8, 4) is 16.9 Å². The lowest BCUT2D eigenvalue weighted by atomic mass is 10.0. The molecule has 0 aromatic heterocycles. The van der Waals surface area contributed by atoms with Crippen molar-refractivity contribution in [3.63, 3.8) is 0 Å². The molecule has 2 nitrogen and oxygen atoms in total. The van der Waals surface area contributed by atoms with Crippen LogP contribution in [0.5, 0.6) is 5.75 Å². The van der Waals surface area contributed by atoms with Crippen LogP contribution >= 0.6 is 0 Å². The highest BCUT2D eigenvalue weighted by Gasteiger charge is 2.37. The topological polar surface area (TPSA) is 35.2 Å². The largest absolute Gasteiger partial charge is 0.497 e. The first-order valence-corrected chi connectivity index (χ1v) is 6.49. The summed E-state index contributed by atoms with van der Waals surface area (Å²) in [5, 5.41) is 0. The molecule has 0 radical (unpaired) electrons. The summed E-state index contributed by atoms with van der Waals surface area (Å²) in [6.07, 6.45) is 0.717. The molecule has 104 valence electrons. The van der Waals surface area contributed by atoms with Crippen molar-refractivity contribution in [2.75, 3.05) is 7.11 Å². The second-order valence-corrected chi connectivity index (χ2v) is 5.09. The van der Waals surface area contributed by atoms with Gasteiger partial charge in [-0.2, -0.15) is 0 Å². The lowest BCUT2D eigenvalue weighted by Gasteiger charge is -2.09. The van der Waals surface area contributed by atoms with E-state index in [1.54, 1.807) is 24.3 Å². The quantitative estimate of drug-likeness (QED) is 0.931. The van der Waals surface area contributed by atoms with Gasteiger partial charge in [-0.3, -0.25) is 0 Å². The van der Waals surface area contributed by atoms with Crippen molar-refractivity contribution in [2.24, 2.45) is 5.73 Å². The Kier molecular flexibility index (Phi) is 3.18. The van der Waals surface area contributed by atoms with Crippen LogP contribution < -0.4 is 10.5 Å². The second-order valence-electron chi connectivity index (χ2n) is 5.09. The van der Waals surface area contributed by atoms with Gasteiger partial charge in [-0.25, -0.2) is 8.78 Å². The van der Waals surface area contributed by atoms with E-state index >= 15 is 0 Å². The highest BCUT2D eigenvalue weighted by Crippen LogP contribution is 2.41. The Labute approximate surface area is 116 Å². The number of nitrogens with two attached hydrogens (primary N) is 1. The minimum Gasteiger partial charge on any atom is -0.497 e. The lowest BCUT2D eigenvalue weighted by molar-refractivity contribution is 0.415. The first-order chi connectivity index (χ1) is 9.60. The molecule has 2 aromatic carbocycles. The number of methoxy groups -OCH3 is 1. The van der Waals surface area contributed by atoms with Crippen molar-refractivity contribution < 1.29 is 13.5 Å². The summed E-state index contributed by atoms with van der Waals surface area (Å²) < 4.78 is 33.4. The number of benzene rings is 2. The van der Waals surface area contributed by atoms with Crippen LogP contribution in [0.15, 0.2) is 36.4 Å². The summed E-state index contributed by atoms with van der Waals surface area (Å²) in [6.45, 7) is 0. The van der Waals surface area contributed by atoms with Crippen LogP contribution in [-0.2, 0) is 0 Å². The molecule has 4 heteroatoms. The highest BCUT2D eigenvalue weighted by atomic mass is 19.1. The van der Waals surface area contributed by atoms with Crippen molar-refractivity contribution in [1.29, 1.82) is 0 Å². The molecule has 0 heterocycles. The molecule has 3 rings (SSSR count). The molecule has 0 aliphatic heterocycles. The van der Waals surface area contributed by atoms with Crippen LogP contribution in [0.4, 0.5) is 8.78 Å². The Morgan fingerprint density at radius 2 is 1.90 bits per heavy atom. The Bertz CT molecular complexity index is 657. The molecule has 0 unspecified atom stereocenters. The molecule has 1 aliphatic rings. The first-order valence-electron chi connectivity index (χ1n) is 6.49. The lowest BCUT2D eigenvalue weighted by Crippen LogP contribution is -2.03. The fourth-order valence-electron chi connectivity index (χ4n) is 2.43. The maximum Gasteiger partial charge on any atom is 0.131 e. The van der Waals surface area contributed by atoms with Gasteiger partial charge < -0.3 is 10.5 Å². The van der Waals surface area contributed by atoms with Gasteiger partial charge in [-0.1, -0.05) is 12.1 Å². The molecule has 2 N–H and O–H groups in total. The molecule has 2 aromatic rings. The first kappa shape index (κ1) is 13.1. The van der Waals surface area contributed by atoms with Crippen molar-refractivity contribution >= 4 is 0 Å². The molecular weight excluding hydrogens is 260 g/mol. The van der Waals surface area contributed by atoms with Crippen LogP contribution in [0, 0.1) is 11.6 Å². The minimum absolute atomic E-state index is 0.0495. The molecule has 0 amide bonds. The van der Waals surface area contributed by atoms with Crippen LogP contribution in [0.25, 0.3) is 11.1 Å². The van der Waals surface area contributed by atoms with E-state index in [4.69, 9.17) is 10.5 Å². The number of halogens is 2. The zero-order valence-corrected chi connectivity index (χ0v) is 11.1. The van der Waals surface area contributed by atoms with Gasteiger partial charge in [0.25, 0.3) is 0 Å². The van der Waals surface area contributed by atoms with Gasteiger partial charge in [-0.05, 0) is 41.8 Å². The zero-order valence-electron chi connectivity index (χ0n) is 11.1. The molecule has 1 saturated carbocycles. The zero-order chi connectivity index (χ0) is 14.3. The van der Waals surface area contributed by atoms with Gasteiger partial charge in [0.15, 0.2) is 0 Å². The van der Waals surface area contributed by atoms with E-state index in [1.807, 2.05) is 0 Å². The molecule has 0 saturated heterocycles. The van der Waals surface area contributed by atoms with Gasteiger partial charge in [0.05, 0.1) is 7.11 Å². The summed E-state index contributed by atoms with van der Waals surface area (Å²) in [5.41, 5.74) is 6.90. The molecule has 2 atom stereocenters. The maximum absolute atomic E-state index is 14.2. The van der Waals surface area contributed by atoms with E-state index in [0.29, 0.717) is 16.9 Å². The minimum atomic E-state index is -0.436. The summed E-state index contributed by atoms with van der Waals surface area (Å²) >= 11 is 0. The average molecular weight is 275 g/mol. The Hall–Kier alpha value is -1.94. The average Bonchev–Trinajstić information content (AvgIpc) is 3.17. The van der Waals surface area contributed by atoms with Gasteiger partial charge in [0.1, 0.15) is 17.4 Å². The van der Waals surface area contributed by atoms with Gasteiger partial charge in [0, 0.05) is 17.5 Å².